The van der Waals surface area contributed by atoms with E-state index in [1.165, 1.54) is 0 Å². The minimum absolute atomic E-state index is 0.0410. The molecule has 0 radical (unpaired) electrons. The fourth-order valence-corrected chi connectivity index (χ4v) is 2.55. The summed E-state index contributed by atoms with van der Waals surface area (Å²) in [5, 5.41) is 9.09. The van der Waals surface area contributed by atoms with Crippen molar-refractivity contribution in [2.75, 3.05) is 33.5 Å². The third-order valence-electron chi connectivity index (χ3n) is 3.52. The first-order valence-corrected chi connectivity index (χ1v) is 6.23. The topological polar surface area (TPSA) is 62.2 Å². The van der Waals surface area contributed by atoms with Crippen molar-refractivity contribution in [2.45, 2.75) is 6.04 Å². The van der Waals surface area contributed by atoms with Crippen LogP contribution in [0.4, 0.5) is 4.79 Å². The van der Waals surface area contributed by atoms with Gasteiger partial charge in [-0.05, 0) is 17.7 Å². The molecule has 0 saturated carbocycles. The molecule has 2 aliphatic rings. The van der Waals surface area contributed by atoms with E-state index in [-0.39, 0.29) is 25.5 Å². The second-order valence-corrected chi connectivity index (χ2v) is 4.71. The molecule has 2 amide bonds. The van der Waals surface area contributed by atoms with E-state index in [0.717, 1.165) is 11.3 Å². The molecule has 6 heteroatoms. The Balaban J connectivity index is 1.90. The molecular formula is C13H16N2O4. The average molecular weight is 264 g/mol. The number of benzene rings is 1. The molecule has 102 valence electrons. The summed E-state index contributed by atoms with van der Waals surface area (Å²) in [5.74, 6) is 1.44. The number of carbonyl (C=O) groups excluding carboxylic acids is 1. The van der Waals surface area contributed by atoms with Gasteiger partial charge in [-0.3, -0.25) is 0 Å². The first-order chi connectivity index (χ1) is 9.20. The molecule has 1 aromatic rings. The Morgan fingerprint density at radius 3 is 2.95 bits per heavy atom. The summed E-state index contributed by atoms with van der Waals surface area (Å²) < 4.78 is 10.6. The van der Waals surface area contributed by atoms with E-state index in [0.29, 0.717) is 18.8 Å². The van der Waals surface area contributed by atoms with Gasteiger partial charge in [0, 0.05) is 20.1 Å². The second kappa shape index (κ2) is 4.62. The average Bonchev–Trinajstić information content (AvgIpc) is 2.98. The van der Waals surface area contributed by atoms with E-state index in [9.17, 15) is 4.79 Å². The van der Waals surface area contributed by atoms with Gasteiger partial charge >= 0.3 is 6.03 Å². The van der Waals surface area contributed by atoms with Gasteiger partial charge in [-0.25, -0.2) is 4.79 Å². The molecule has 2 aliphatic heterocycles. The Bertz CT molecular complexity index is 505. The van der Waals surface area contributed by atoms with Gasteiger partial charge < -0.3 is 24.4 Å². The molecule has 1 atom stereocenters. The standard InChI is InChI=1S/C13H16N2O4/c1-14-7-10(15(4-5-16)13(14)17)9-2-3-11-12(6-9)19-8-18-11/h2-3,6,10,16H,4-5,7-8H2,1H3. The highest BCUT2D eigenvalue weighted by atomic mass is 16.7. The zero-order valence-electron chi connectivity index (χ0n) is 10.7. The molecule has 0 spiro atoms. The largest absolute Gasteiger partial charge is 0.454 e. The van der Waals surface area contributed by atoms with Crippen LogP contribution in [0.3, 0.4) is 0 Å². The monoisotopic (exact) mass is 264 g/mol. The summed E-state index contributed by atoms with van der Waals surface area (Å²) in [6, 6.07) is 5.59. The zero-order chi connectivity index (χ0) is 13.4. The SMILES string of the molecule is CN1CC(c2ccc3c(c2)OCO3)N(CCO)C1=O. The Kier molecular flexibility index (Phi) is 2.94. The molecule has 1 aromatic carbocycles. The van der Waals surface area contributed by atoms with Gasteiger partial charge in [-0.2, -0.15) is 0 Å². The normalized spacial score (nSPS) is 21.4. The number of amides is 2. The highest BCUT2D eigenvalue weighted by Gasteiger charge is 2.36. The van der Waals surface area contributed by atoms with Crippen molar-refractivity contribution in [3.63, 3.8) is 0 Å². The maximum absolute atomic E-state index is 12.0. The van der Waals surface area contributed by atoms with Crippen molar-refractivity contribution in [3.8, 4) is 11.5 Å². The van der Waals surface area contributed by atoms with Gasteiger partial charge in [0.05, 0.1) is 12.6 Å². The van der Waals surface area contributed by atoms with Crippen LogP contribution in [-0.4, -0.2) is 54.5 Å². The van der Waals surface area contributed by atoms with Gasteiger partial charge in [0.2, 0.25) is 6.79 Å². The third-order valence-corrected chi connectivity index (χ3v) is 3.52. The number of urea groups is 1. The second-order valence-electron chi connectivity index (χ2n) is 4.71. The molecule has 0 aliphatic carbocycles. The first-order valence-electron chi connectivity index (χ1n) is 6.23. The maximum atomic E-state index is 12.0. The van der Waals surface area contributed by atoms with E-state index >= 15 is 0 Å². The van der Waals surface area contributed by atoms with Crippen LogP contribution in [0.25, 0.3) is 0 Å². The van der Waals surface area contributed by atoms with Gasteiger partial charge in [0.25, 0.3) is 0 Å². The quantitative estimate of drug-likeness (QED) is 0.878. The Morgan fingerprint density at radius 2 is 2.16 bits per heavy atom. The molecule has 0 bridgehead atoms. The van der Waals surface area contributed by atoms with Crippen LogP contribution in [0, 0.1) is 0 Å². The highest BCUT2D eigenvalue weighted by molar-refractivity contribution is 5.77. The third kappa shape index (κ3) is 1.98. The van der Waals surface area contributed by atoms with Crippen molar-refractivity contribution < 1.29 is 19.4 Å². The zero-order valence-corrected chi connectivity index (χ0v) is 10.7. The number of likely N-dealkylation sites (N-methyl/N-ethyl adjacent to an activating group) is 1. The van der Waals surface area contributed by atoms with Gasteiger partial charge in [-0.1, -0.05) is 6.07 Å². The highest BCUT2D eigenvalue weighted by Crippen LogP contribution is 2.37. The minimum atomic E-state index is -0.0586. The van der Waals surface area contributed by atoms with Crippen molar-refractivity contribution in [3.05, 3.63) is 23.8 Å². The molecule has 1 fully saturated rings. The number of carbonyl (C=O) groups is 1. The van der Waals surface area contributed by atoms with E-state index in [1.807, 2.05) is 18.2 Å². The van der Waals surface area contributed by atoms with Crippen LogP contribution in [0.1, 0.15) is 11.6 Å². The van der Waals surface area contributed by atoms with Crippen molar-refractivity contribution in [1.29, 1.82) is 0 Å². The number of fused-ring (bicyclic) bond motifs is 1. The molecular weight excluding hydrogens is 248 g/mol. The van der Waals surface area contributed by atoms with Crippen LogP contribution in [0.15, 0.2) is 18.2 Å². The van der Waals surface area contributed by atoms with Crippen LogP contribution in [0.5, 0.6) is 11.5 Å². The Labute approximate surface area is 111 Å². The lowest BCUT2D eigenvalue weighted by atomic mass is 10.1. The van der Waals surface area contributed by atoms with Crippen molar-refractivity contribution in [1.82, 2.24) is 9.80 Å². The number of hydrogen-bond acceptors (Lipinski definition) is 4. The number of aliphatic hydroxyl groups excluding tert-OH is 1. The lowest BCUT2D eigenvalue weighted by molar-refractivity contribution is 0.171. The van der Waals surface area contributed by atoms with Crippen LogP contribution in [0.2, 0.25) is 0 Å². The number of ether oxygens (including phenoxy) is 2. The lowest BCUT2D eigenvalue weighted by Gasteiger charge is -2.22. The van der Waals surface area contributed by atoms with Crippen molar-refractivity contribution >= 4 is 6.03 Å². The summed E-state index contributed by atoms with van der Waals surface area (Å²) in [4.78, 5) is 15.3. The Hall–Kier alpha value is -1.95. The fourth-order valence-electron chi connectivity index (χ4n) is 2.55. The molecule has 6 nitrogen and oxygen atoms in total. The van der Waals surface area contributed by atoms with E-state index in [1.54, 1.807) is 16.8 Å². The molecule has 1 saturated heterocycles. The summed E-state index contributed by atoms with van der Waals surface area (Å²) in [5.41, 5.74) is 0.996. The lowest BCUT2D eigenvalue weighted by Crippen LogP contribution is -2.33. The number of aliphatic hydroxyl groups is 1. The molecule has 1 unspecified atom stereocenters. The van der Waals surface area contributed by atoms with Crippen LogP contribution < -0.4 is 9.47 Å². The molecule has 3 rings (SSSR count). The molecule has 19 heavy (non-hydrogen) atoms. The maximum Gasteiger partial charge on any atom is 0.320 e. The number of hydrogen-bond donors (Lipinski definition) is 1. The molecule has 2 heterocycles. The predicted octanol–water partition coefficient (Wildman–Crippen LogP) is 0.816. The van der Waals surface area contributed by atoms with Gasteiger partial charge in [-0.15, -0.1) is 0 Å². The number of β-amino-alcohol motifs (C(OH)–C–C–N with tert-alkyl or cyclic N) is 1. The Morgan fingerprint density at radius 1 is 1.37 bits per heavy atom. The van der Waals surface area contributed by atoms with E-state index < -0.39 is 0 Å². The first kappa shape index (κ1) is 12.1. The smallest absolute Gasteiger partial charge is 0.320 e. The summed E-state index contributed by atoms with van der Waals surface area (Å²) in [7, 11) is 1.76. The summed E-state index contributed by atoms with van der Waals surface area (Å²) in [6.07, 6.45) is 0. The molecule has 0 aromatic heterocycles. The predicted molar refractivity (Wildman–Crippen MR) is 67.1 cm³/mol. The van der Waals surface area contributed by atoms with Crippen LogP contribution >= 0.6 is 0 Å². The molecule has 1 N–H and O–H groups in total. The number of nitrogens with zero attached hydrogens (tertiary/aromatic N) is 2. The van der Waals surface area contributed by atoms with E-state index in [2.05, 4.69) is 0 Å². The summed E-state index contributed by atoms with van der Waals surface area (Å²) in [6.45, 7) is 1.14. The minimum Gasteiger partial charge on any atom is -0.454 e. The van der Waals surface area contributed by atoms with Gasteiger partial charge in [0.15, 0.2) is 11.5 Å². The van der Waals surface area contributed by atoms with Gasteiger partial charge in [0.1, 0.15) is 0 Å². The summed E-state index contributed by atoms with van der Waals surface area (Å²) >= 11 is 0. The van der Waals surface area contributed by atoms with E-state index in [4.69, 9.17) is 14.6 Å². The van der Waals surface area contributed by atoms with Crippen molar-refractivity contribution in [2.24, 2.45) is 0 Å². The number of rotatable bonds is 3. The van der Waals surface area contributed by atoms with Crippen LogP contribution in [-0.2, 0) is 0 Å². The fraction of sp³-hybridized carbons (Fsp3) is 0.462.